The van der Waals surface area contributed by atoms with E-state index in [0.717, 1.165) is 32.1 Å². The molecule has 5 nitrogen and oxygen atoms in total. The first-order chi connectivity index (χ1) is 14.6. The van der Waals surface area contributed by atoms with E-state index in [1.54, 1.807) is 19.2 Å². The fourth-order valence-corrected chi connectivity index (χ4v) is 4.38. The Bertz CT molecular complexity index is 842. The van der Waals surface area contributed by atoms with E-state index in [-0.39, 0.29) is 23.3 Å². The summed E-state index contributed by atoms with van der Waals surface area (Å²) >= 11 is 0. The number of nitrogens with one attached hydrogen (secondary N) is 2. The maximum Gasteiger partial charge on any atom is 0.255 e. The number of carbonyl (C=O) groups excluding carboxylic acids is 2. The monoisotopic (exact) mass is 408 g/mol. The van der Waals surface area contributed by atoms with E-state index in [9.17, 15) is 9.59 Å². The Morgan fingerprint density at radius 1 is 1.03 bits per heavy atom. The van der Waals surface area contributed by atoms with Gasteiger partial charge in [0.05, 0.1) is 12.7 Å². The number of hydrogen-bond donors (Lipinski definition) is 2. The van der Waals surface area contributed by atoms with E-state index in [0.29, 0.717) is 24.3 Å². The lowest BCUT2D eigenvalue weighted by atomic mass is 9.68. The summed E-state index contributed by atoms with van der Waals surface area (Å²) in [6, 6.07) is 17.9. The van der Waals surface area contributed by atoms with Gasteiger partial charge in [0.25, 0.3) is 5.91 Å². The molecular weight excluding hydrogens is 376 g/mol. The van der Waals surface area contributed by atoms with Crippen molar-refractivity contribution in [2.75, 3.05) is 13.7 Å². The molecule has 1 saturated carbocycles. The average Bonchev–Trinajstić information content (AvgIpc) is 2.79. The number of hydrogen-bond acceptors (Lipinski definition) is 3. The van der Waals surface area contributed by atoms with Gasteiger partial charge in [-0.3, -0.25) is 9.59 Å². The van der Waals surface area contributed by atoms with Crippen LogP contribution in [0.25, 0.3) is 0 Å². The number of ether oxygens (including phenoxy) is 1. The van der Waals surface area contributed by atoms with Crippen molar-refractivity contribution in [1.29, 1.82) is 0 Å². The minimum absolute atomic E-state index is 0.124. The Kier molecular flexibility index (Phi) is 7.50. The number of methoxy groups -OCH3 is 1. The second-order valence-corrected chi connectivity index (χ2v) is 8.12. The minimum atomic E-state index is -0.134. The minimum Gasteiger partial charge on any atom is -0.496 e. The van der Waals surface area contributed by atoms with Crippen LogP contribution in [-0.4, -0.2) is 31.5 Å². The van der Waals surface area contributed by atoms with E-state index in [1.165, 1.54) is 5.56 Å². The summed E-state index contributed by atoms with van der Waals surface area (Å²) in [6.45, 7) is 2.58. The van der Waals surface area contributed by atoms with Crippen LogP contribution >= 0.6 is 0 Å². The maximum absolute atomic E-state index is 12.9. The summed E-state index contributed by atoms with van der Waals surface area (Å²) in [4.78, 5) is 24.9. The third kappa shape index (κ3) is 5.21. The molecule has 30 heavy (non-hydrogen) atoms. The zero-order chi connectivity index (χ0) is 21.4. The molecule has 0 unspecified atom stereocenters. The predicted octanol–water partition coefficient (Wildman–Crippen LogP) is 4.22. The van der Waals surface area contributed by atoms with Crippen molar-refractivity contribution in [2.24, 2.45) is 0 Å². The Morgan fingerprint density at radius 3 is 2.37 bits per heavy atom. The molecule has 5 heteroatoms. The van der Waals surface area contributed by atoms with Crippen LogP contribution in [-0.2, 0) is 10.2 Å². The van der Waals surface area contributed by atoms with Gasteiger partial charge in [-0.2, -0.15) is 0 Å². The molecule has 0 spiro atoms. The van der Waals surface area contributed by atoms with Crippen LogP contribution in [0.15, 0.2) is 54.6 Å². The van der Waals surface area contributed by atoms with E-state index in [4.69, 9.17) is 4.74 Å². The highest BCUT2D eigenvalue weighted by atomic mass is 16.5. The zero-order valence-corrected chi connectivity index (χ0v) is 17.9. The molecule has 0 radical (unpaired) electrons. The van der Waals surface area contributed by atoms with Gasteiger partial charge in [-0.05, 0) is 49.8 Å². The van der Waals surface area contributed by atoms with Gasteiger partial charge in [-0.15, -0.1) is 0 Å². The van der Waals surface area contributed by atoms with Crippen molar-refractivity contribution in [3.05, 3.63) is 65.7 Å². The van der Waals surface area contributed by atoms with Gasteiger partial charge in [-0.1, -0.05) is 49.4 Å². The summed E-state index contributed by atoms with van der Waals surface area (Å²) in [5.74, 6) is 0.589. The molecule has 0 aromatic heterocycles. The van der Waals surface area contributed by atoms with Crippen molar-refractivity contribution >= 4 is 11.8 Å². The van der Waals surface area contributed by atoms with Crippen molar-refractivity contribution in [3.63, 3.8) is 0 Å². The molecule has 0 saturated heterocycles. The van der Waals surface area contributed by atoms with Crippen LogP contribution in [0.3, 0.4) is 0 Å². The molecule has 2 aromatic carbocycles. The molecule has 0 aliphatic heterocycles. The van der Waals surface area contributed by atoms with Gasteiger partial charge in [0, 0.05) is 24.4 Å². The molecule has 1 fully saturated rings. The molecular formula is C25H32N2O3. The van der Waals surface area contributed by atoms with Crippen LogP contribution in [0.4, 0.5) is 0 Å². The molecule has 0 bridgehead atoms. The maximum atomic E-state index is 12.9. The topological polar surface area (TPSA) is 67.4 Å². The SMILES string of the molecule is CCCC(=O)NC1CCC(CNC(=O)c2ccccc2OC)(c2ccccc2)CC1. The quantitative estimate of drug-likeness (QED) is 0.687. The van der Waals surface area contributed by atoms with Gasteiger partial charge in [-0.25, -0.2) is 0 Å². The van der Waals surface area contributed by atoms with Crippen molar-refractivity contribution in [1.82, 2.24) is 10.6 Å². The Hall–Kier alpha value is -2.82. The standard InChI is InChI=1S/C25H32N2O3/c1-3-9-23(28)27-20-14-16-25(17-15-20,19-10-5-4-6-11-19)18-26-24(29)21-12-7-8-13-22(21)30-2/h4-8,10-13,20H,3,9,14-18H2,1-2H3,(H,26,29)(H,27,28). The fourth-order valence-electron chi connectivity index (χ4n) is 4.38. The van der Waals surface area contributed by atoms with Crippen LogP contribution in [0.2, 0.25) is 0 Å². The highest BCUT2D eigenvalue weighted by molar-refractivity contribution is 5.97. The highest BCUT2D eigenvalue weighted by Crippen LogP contribution is 2.39. The number of amides is 2. The first-order valence-electron chi connectivity index (χ1n) is 10.8. The third-order valence-corrected chi connectivity index (χ3v) is 6.11. The first kappa shape index (κ1) is 21.9. The second-order valence-electron chi connectivity index (χ2n) is 8.12. The van der Waals surface area contributed by atoms with E-state index < -0.39 is 0 Å². The lowest BCUT2D eigenvalue weighted by Gasteiger charge is -2.41. The molecule has 0 atom stereocenters. The molecule has 2 N–H and O–H groups in total. The Morgan fingerprint density at radius 2 is 1.70 bits per heavy atom. The van der Waals surface area contributed by atoms with Crippen LogP contribution in [0.5, 0.6) is 5.75 Å². The number of rotatable bonds is 8. The van der Waals surface area contributed by atoms with Crippen molar-refractivity contribution in [2.45, 2.75) is 56.9 Å². The first-order valence-corrected chi connectivity index (χ1v) is 10.8. The number of para-hydroxylation sites is 1. The summed E-state index contributed by atoms with van der Waals surface area (Å²) < 4.78 is 5.34. The van der Waals surface area contributed by atoms with Crippen molar-refractivity contribution in [3.8, 4) is 5.75 Å². The summed E-state index contributed by atoms with van der Waals surface area (Å²) in [5.41, 5.74) is 1.65. The third-order valence-electron chi connectivity index (χ3n) is 6.11. The summed E-state index contributed by atoms with van der Waals surface area (Å²) in [6.07, 6.45) is 5.10. The highest BCUT2D eigenvalue weighted by Gasteiger charge is 2.37. The summed E-state index contributed by atoms with van der Waals surface area (Å²) in [7, 11) is 1.58. The Labute approximate surface area is 179 Å². The molecule has 1 aliphatic carbocycles. The molecule has 2 aromatic rings. The fraction of sp³-hybridized carbons (Fsp3) is 0.440. The molecule has 2 amide bonds. The lowest BCUT2D eigenvalue weighted by Crippen LogP contribution is -2.47. The van der Waals surface area contributed by atoms with Crippen LogP contribution in [0, 0.1) is 0 Å². The number of carbonyl (C=O) groups is 2. The van der Waals surface area contributed by atoms with Gasteiger partial charge >= 0.3 is 0 Å². The molecule has 0 heterocycles. The summed E-state index contributed by atoms with van der Waals surface area (Å²) in [5, 5.41) is 6.32. The predicted molar refractivity (Wildman–Crippen MR) is 119 cm³/mol. The lowest BCUT2D eigenvalue weighted by molar-refractivity contribution is -0.122. The largest absolute Gasteiger partial charge is 0.496 e. The van der Waals surface area contributed by atoms with Crippen LogP contribution < -0.4 is 15.4 Å². The second kappa shape index (κ2) is 10.3. The normalized spacial score (nSPS) is 20.9. The van der Waals surface area contributed by atoms with E-state index >= 15 is 0 Å². The molecule has 1 aliphatic rings. The molecule has 160 valence electrons. The van der Waals surface area contributed by atoms with E-state index in [2.05, 4.69) is 22.8 Å². The van der Waals surface area contributed by atoms with Gasteiger partial charge < -0.3 is 15.4 Å². The molecule has 3 rings (SSSR count). The van der Waals surface area contributed by atoms with Gasteiger partial charge in [0.15, 0.2) is 0 Å². The van der Waals surface area contributed by atoms with Crippen molar-refractivity contribution < 1.29 is 14.3 Å². The zero-order valence-electron chi connectivity index (χ0n) is 17.9. The smallest absolute Gasteiger partial charge is 0.255 e. The van der Waals surface area contributed by atoms with E-state index in [1.807, 2.05) is 37.3 Å². The average molecular weight is 409 g/mol. The van der Waals surface area contributed by atoms with Gasteiger partial charge in [0.1, 0.15) is 5.75 Å². The van der Waals surface area contributed by atoms with Gasteiger partial charge in [0.2, 0.25) is 5.91 Å². The number of benzene rings is 2. The van der Waals surface area contributed by atoms with Crippen LogP contribution in [0.1, 0.15) is 61.4 Å². The Balaban J connectivity index is 1.71.